The minimum absolute atomic E-state index is 0.0211. The molecule has 1 aliphatic rings. The average molecular weight is 242 g/mol. The zero-order chi connectivity index (χ0) is 13.0. The van der Waals surface area contributed by atoms with Gasteiger partial charge in [0.1, 0.15) is 0 Å². The molecule has 0 aromatic heterocycles. The van der Waals surface area contributed by atoms with Crippen molar-refractivity contribution >= 4 is 17.5 Å². The van der Waals surface area contributed by atoms with E-state index in [2.05, 4.69) is 16.6 Å². The zero-order valence-electron chi connectivity index (χ0n) is 9.90. The van der Waals surface area contributed by atoms with E-state index in [4.69, 9.17) is 6.42 Å². The van der Waals surface area contributed by atoms with Crippen LogP contribution in [0.15, 0.2) is 24.3 Å². The molecule has 18 heavy (non-hydrogen) atoms. The molecule has 1 saturated carbocycles. The first-order valence-electron chi connectivity index (χ1n) is 5.84. The Labute approximate surface area is 106 Å². The molecule has 0 radical (unpaired) electrons. The van der Waals surface area contributed by atoms with Crippen molar-refractivity contribution in [1.82, 2.24) is 5.32 Å². The van der Waals surface area contributed by atoms with Gasteiger partial charge in [0.25, 0.3) is 5.91 Å². The number of rotatable bonds is 4. The summed E-state index contributed by atoms with van der Waals surface area (Å²) in [6.07, 6.45) is 6.94. The Morgan fingerprint density at radius 1 is 1.33 bits per heavy atom. The molecular formula is C14H14N2O2. The third-order valence-corrected chi connectivity index (χ3v) is 2.73. The van der Waals surface area contributed by atoms with Crippen molar-refractivity contribution in [3.63, 3.8) is 0 Å². The normalized spacial score (nSPS) is 13.5. The monoisotopic (exact) mass is 242 g/mol. The number of amides is 2. The van der Waals surface area contributed by atoms with E-state index in [1.54, 1.807) is 24.3 Å². The molecule has 0 atom stereocenters. The summed E-state index contributed by atoms with van der Waals surface area (Å²) in [7, 11) is 0. The van der Waals surface area contributed by atoms with Crippen molar-refractivity contribution in [2.24, 2.45) is 5.92 Å². The number of benzene rings is 1. The van der Waals surface area contributed by atoms with Gasteiger partial charge in [0.2, 0.25) is 5.91 Å². The molecule has 1 aromatic rings. The minimum atomic E-state index is -0.278. The number of terminal acetylenes is 1. The first-order chi connectivity index (χ1) is 8.72. The summed E-state index contributed by atoms with van der Waals surface area (Å²) >= 11 is 0. The Kier molecular flexibility index (Phi) is 3.63. The fourth-order valence-corrected chi connectivity index (χ4v) is 1.60. The van der Waals surface area contributed by atoms with Gasteiger partial charge < -0.3 is 10.6 Å². The maximum Gasteiger partial charge on any atom is 0.254 e. The van der Waals surface area contributed by atoms with Crippen LogP contribution in [0.2, 0.25) is 0 Å². The third kappa shape index (κ3) is 2.89. The second-order valence-corrected chi connectivity index (χ2v) is 4.20. The summed E-state index contributed by atoms with van der Waals surface area (Å²) in [5.41, 5.74) is 0.964. The maximum atomic E-state index is 11.8. The van der Waals surface area contributed by atoms with E-state index in [9.17, 15) is 9.59 Å². The van der Waals surface area contributed by atoms with Crippen LogP contribution in [0.1, 0.15) is 23.2 Å². The van der Waals surface area contributed by atoms with E-state index >= 15 is 0 Å². The fraction of sp³-hybridized carbons (Fsp3) is 0.286. The summed E-state index contributed by atoms with van der Waals surface area (Å²) in [6, 6.07) is 6.90. The smallest absolute Gasteiger partial charge is 0.254 e. The number of nitrogens with one attached hydrogen (secondary N) is 2. The fourth-order valence-electron chi connectivity index (χ4n) is 1.60. The molecule has 1 aromatic carbocycles. The van der Waals surface area contributed by atoms with E-state index in [0.717, 1.165) is 12.8 Å². The van der Waals surface area contributed by atoms with Gasteiger partial charge in [0, 0.05) is 5.92 Å². The zero-order valence-corrected chi connectivity index (χ0v) is 9.90. The molecule has 4 nitrogen and oxygen atoms in total. The molecule has 0 bridgehead atoms. The van der Waals surface area contributed by atoms with Gasteiger partial charge in [0.15, 0.2) is 0 Å². The Hall–Kier alpha value is -2.28. The highest BCUT2D eigenvalue weighted by Gasteiger charge is 2.30. The van der Waals surface area contributed by atoms with Crippen LogP contribution in [0, 0.1) is 18.3 Å². The molecule has 4 heteroatoms. The second-order valence-electron chi connectivity index (χ2n) is 4.20. The SMILES string of the molecule is C#CCNC(=O)c1ccccc1NC(=O)C1CC1. The van der Waals surface area contributed by atoms with Crippen LogP contribution >= 0.6 is 0 Å². The van der Waals surface area contributed by atoms with Crippen LogP contribution in [0.5, 0.6) is 0 Å². The summed E-state index contributed by atoms with van der Waals surface area (Å²) in [6.45, 7) is 0.170. The highest BCUT2D eigenvalue weighted by atomic mass is 16.2. The van der Waals surface area contributed by atoms with Crippen LogP contribution in [-0.2, 0) is 4.79 Å². The summed E-state index contributed by atoms with van der Waals surface area (Å²) in [5, 5.41) is 5.36. The topological polar surface area (TPSA) is 58.2 Å². The lowest BCUT2D eigenvalue weighted by atomic mass is 10.1. The predicted molar refractivity (Wildman–Crippen MR) is 69.0 cm³/mol. The number of hydrogen-bond donors (Lipinski definition) is 2. The van der Waals surface area contributed by atoms with Crippen LogP contribution in [0.3, 0.4) is 0 Å². The van der Waals surface area contributed by atoms with Crippen LogP contribution in [-0.4, -0.2) is 18.4 Å². The van der Waals surface area contributed by atoms with E-state index in [1.807, 2.05) is 0 Å². The molecule has 0 saturated heterocycles. The highest BCUT2D eigenvalue weighted by Crippen LogP contribution is 2.30. The van der Waals surface area contributed by atoms with Crippen molar-refractivity contribution in [2.75, 3.05) is 11.9 Å². The minimum Gasteiger partial charge on any atom is -0.341 e. The average Bonchev–Trinajstić information content (AvgIpc) is 3.20. The second kappa shape index (κ2) is 5.37. The van der Waals surface area contributed by atoms with Crippen molar-refractivity contribution in [1.29, 1.82) is 0 Å². The van der Waals surface area contributed by atoms with E-state index in [-0.39, 0.29) is 24.3 Å². The lowest BCUT2D eigenvalue weighted by Crippen LogP contribution is -2.25. The molecule has 0 spiro atoms. The predicted octanol–water partition coefficient (Wildman–Crippen LogP) is 1.40. The lowest BCUT2D eigenvalue weighted by Gasteiger charge is -2.10. The van der Waals surface area contributed by atoms with Crippen LogP contribution in [0.4, 0.5) is 5.69 Å². The van der Waals surface area contributed by atoms with Gasteiger partial charge in [-0.15, -0.1) is 6.42 Å². The number of carbonyl (C=O) groups excluding carboxylic acids is 2. The molecule has 2 rings (SSSR count). The van der Waals surface area contributed by atoms with E-state index < -0.39 is 0 Å². The van der Waals surface area contributed by atoms with E-state index in [0.29, 0.717) is 11.3 Å². The number of hydrogen-bond acceptors (Lipinski definition) is 2. The highest BCUT2D eigenvalue weighted by molar-refractivity contribution is 6.04. The summed E-state index contributed by atoms with van der Waals surface area (Å²) in [4.78, 5) is 23.5. The molecule has 2 amide bonds. The Morgan fingerprint density at radius 3 is 2.72 bits per heavy atom. The van der Waals surface area contributed by atoms with E-state index in [1.165, 1.54) is 0 Å². The largest absolute Gasteiger partial charge is 0.341 e. The van der Waals surface area contributed by atoms with Crippen molar-refractivity contribution in [2.45, 2.75) is 12.8 Å². The van der Waals surface area contributed by atoms with Gasteiger partial charge in [0.05, 0.1) is 17.8 Å². The molecule has 92 valence electrons. The molecule has 0 heterocycles. The lowest BCUT2D eigenvalue weighted by molar-refractivity contribution is -0.117. The van der Waals surface area contributed by atoms with Gasteiger partial charge in [-0.05, 0) is 25.0 Å². The Balaban J connectivity index is 2.11. The Bertz CT molecular complexity index is 513. The van der Waals surface area contributed by atoms with Gasteiger partial charge in [-0.25, -0.2) is 0 Å². The molecule has 0 unspecified atom stereocenters. The standard InChI is InChI=1S/C14H14N2O2/c1-2-9-15-14(18)11-5-3-4-6-12(11)16-13(17)10-7-8-10/h1,3-6,10H,7-9H2,(H,15,18)(H,16,17). The van der Waals surface area contributed by atoms with Crippen molar-refractivity contribution < 1.29 is 9.59 Å². The molecular weight excluding hydrogens is 228 g/mol. The summed E-state index contributed by atoms with van der Waals surface area (Å²) in [5.74, 6) is 2.14. The quantitative estimate of drug-likeness (QED) is 0.784. The number of para-hydroxylation sites is 1. The Morgan fingerprint density at radius 2 is 2.06 bits per heavy atom. The molecule has 1 fully saturated rings. The maximum absolute atomic E-state index is 11.8. The van der Waals surface area contributed by atoms with Gasteiger partial charge in [-0.3, -0.25) is 9.59 Å². The van der Waals surface area contributed by atoms with Crippen molar-refractivity contribution in [3.8, 4) is 12.3 Å². The number of anilines is 1. The van der Waals surface area contributed by atoms with Crippen LogP contribution < -0.4 is 10.6 Å². The van der Waals surface area contributed by atoms with Crippen molar-refractivity contribution in [3.05, 3.63) is 29.8 Å². The van der Waals surface area contributed by atoms with Crippen LogP contribution in [0.25, 0.3) is 0 Å². The van der Waals surface area contributed by atoms with Gasteiger partial charge in [-0.1, -0.05) is 18.1 Å². The third-order valence-electron chi connectivity index (χ3n) is 2.73. The number of carbonyl (C=O) groups is 2. The van der Waals surface area contributed by atoms with Gasteiger partial charge >= 0.3 is 0 Å². The molecule has 1 aliphatic carbocycles. The summed E-state index contributed by atoms with van der Waals surface area (Å²) < 4.78 is 0. The first-order valence-corrected chi connectivity index (χ1v) is 5.84. The van der Waals surface area contributed by atoms with Gasteiger partial charge in [-0.2, -0.15) is 0 Å². The molecule has 2 N–H and O–H groups in total. The first kappa shape index (κ1) is 12.2. The molecule has 0 aliphatic heterocycles.